The molecule has 3 rings (SSSR count). The number of amides is 2. The Hall–Kier alpha value is -2.96. The van der Waals surface area contributed by atoms with Crippen LogP contribution in [-0.4, -0.2) is 21.8 Å². The van der Waals surface area contributed by atoms with Gasteiger partial charge in [0.2, 0.25) is 5.95 Å². The molecule has 0 fully saturated rings. The number of nitrogens with zero attached hydrogens (tertiary/aromatic N) is 2. The molecule has 0 saturated heterocycles. The number of hydrogen-bond acceptors (Lipinski definition) is 6. The van der Waals surface area contributed by atoms with Crippen LogP contribution in [0.3, 0.4) is 0 Å². The van der Waals surface area contributed by atoms with Gasteiger partial charge >= 0.3 is 0 Å². The van der Waals surface area contributed by atoms with Crippen LogP contribution in [0.15, 0.2) is 24.3 Å². The van der Waals surface area contributed by atoms with Crippen LogP contribution in [0.5, 0.6) is 0 Å². The summed E-state index contributed by atoms with van der Waals surface area (Å²) in [5.74, 6) is -0.0769. The molecule has 7 heteroatoms. The second kappa shape index (κ2) is 4.30. The standard InChI is InChI=1S/C13H11N5O2/c1-6-4-10(17-13(14)15-6)16-7-2-3-8-9(5-7)12(20)18-11(8)19/h2-5H,1H3,(H,18,19,20)(H3,14,15,16,17). The molecular formula is C13H11N5O2. The van der Waals surface area contributed by atoms with Gasteiger partial charge in [-0.15, -0.1) is 0 Å². The number of benzene rings is 1. The summed E-state index contributed by atoms with van der Waals surface area (Å²) >= 11 is 0. The molecule has 1 aliphatic heterocycles. The first-order chi connectivity index (χ1) is 9.52. The topological polar surface area (TPSA) is 110 Å². The monoisotopic (exact) mass is 269 g/mol. The highest BCUT2D eigenvalue weighted by Gasteiger charge is 2.26. The van der Waals surface area contributed by atoms with Crippen molar-refractivity contribution in [2.45, 2.75) is 6.92 Å². The predicted octanol–water partition coefficient (Wildman–Crippen LogP) is 0.994. The summed E-state index contributed by atoms with van der Waals surface area (Å²) in [6.45, 7) is 1.80. The molecule has 0 atom stereocenters. The maximum Gasteiger partial charge on any atom is 0.259 e. The second-order valence-corrected chi connectivity index (χ2v) is 4.42. The van der Waals surface area contributed by atoms with Gasteiger partial charge in [-0.05, 0) is 25.1 Å². The fourth-order valence-corrected chi connectivity index (χ4v) is 2.05. The van der Waals surface area contributed by atoms with Gasteiger partial charge in [0.1, 0.15) is 5.82 Å². The number of nitrogen functional groups attached to an aromatic ring is 1. The Bertz CT molecular complexity index is 721. The molecule has 20 heavy (non-hydrogen) atoms. The Morgan fingerprint density at radius 1 is 1.10 bits per heavy atom. The van der Waals surface area contributed by atoms with Crippen LogP contribution >= 0.6 is 0 Å². The van der Waals surface area contributed by atoms with Crippen LogP contribution in [0.2, 0.25) is 0 Å². The van der Waals surface area contributed by atoms with E-state index in [4.69, 9.17) is 5.73 Å². The first kappa shape index (κ1) is 12.1. The third-order valence-electron chi connectivity index (χ3n) is 2.88. The molecule has 0 spiro atoms. The summed E-state index contributed by atoms with van der Waals surface area (Å²) < 4.78 is 0. The van der Waals surface area contributed by atoms with Gasteiger partial charge in [-0.2, -0.15) is 4.98 Å². The lowest BCUT2D eigenvalue weighted by molar-refractivity contribution is 0.0879. The van der Waals surface area contributed by atoms with Crippen molar-refractivity contribution in [1.29, 1.82) is 0 Å². The minimum atomic E-state index is -0.396. The molecule has 0 bridgehead atoms. The molecule has 1 aliphatic rings. The van der Waals surface area contributed by atoms with E-state index in [-0.39, 0.29) is 11.9 Å². The summed E-state index contributed by atoms with van der Waals surface area (Å²) in [5, 5.41) is 5.27. The number of carbonyl (C=O) groups excluding carboxylic acids is 2. The summed E-state index contributed by atoms with van der Waals surface area (Å²) in [5.41, 5.74) is 7.67. The molecule has 0 unspecified atom stereocenters. The molecule has 4 N–H and O–H groups in total. The summed E-state index contributed by atoms with van der Waals surface area (Å²) in [7, 11) is 0. The van der Waals surface area contributed by atoms with Crippen LogP contribution in [0.4, 0.5) is 17.5 Å². The number of nitrogens with two attached hydrogens (primary N) is 1. The number of carbonyl (C=O) groups is 2. The van der Waals surface area contributed by atoms with Crippen LogP contribution in [0.1, 0.15) is 26.4 Å². The fraction of sp³-hybridized carbons (Fsp3) is 0.0769. The molecule has 2 heterocycles. The highest BCUT2D eigenvalue weighted by atomic mass is 16.2. The molecule has 1 aromatic heterocycles. The summed E-state index contributed by atoms with van der Waals surface area (Å²) in [6, 6.07) is 6.62. The number of nitrogens with one attached hydrogen (secondary N) is 2. The van der Waals surface area contributed by atoms with Gasteiger partial charge in [0.05, 0.1) is 11.1 Å². The van der Waals surface area contributed by atoms with E-state index in [1.165, 1.54) is 0 Å². The quantitative estimate of drug-likeness (QED) is 0.701. The minimum Gasteiger partial charge on any atom is -0.368 e. The first-order valence-electron chi connectivity index (χ1n) is 5.91. The number of anilines is 3. The zero-order chi connectivity index (χ0) is 14.3. The van der Waals surface area contributed by atoms with Gasteiger partial charge < -0.3 is 11.1 Å². The predicted molar refractivity (Wildman–Crippen MR) is 72.7 cm³/mol. The van der Waals surface area contributed by atoms with Crippen LogP contribution in [-0.2, 0) is 0 Å². The van der Waals surface area contributed by atoms with E-state index in [0.717, 1.165) is 5.69 Å². The Balaban J connectivity index is 1.94. The van der Waals surface area contributed by atoms with E-state index >= 15 is 0 Å². The number of hydrogen-bond donors (Lipinski definition) is 3. The van der Waals surface area contributed by atoms with Crippen LogP contribution in [0.25, 0.3) is 0 Å². The molecule has 0 aliphatic carbocycles. The third kappa shape index (κ3) is 2.05. The van der Waals surface area contributed by atoms with Crippen molar-refractivity contribution in [2.24, 2.45) is 0 Å². The molecular weight excluding hydrogens is 258 g/mol. The average Bonchev–Trinajstić information content (AvgIpc) is 2.63. The summed E-state index contributed by atoms with van der Waals surface area (Å²) in [4.78, 5) is 31.0. The van der Waals surface area contributed by atoms with Gasteiger partial charge in [0.25, 0.3) is 11.8 Å². The maximum atomic E-state index is 11.6. The van der Waals surface area contributed by atoms with E-state index in [0.29, 0.717) is 22.6 Å². The highest BCUT2D eigenvalue weighted by Crippen LogP contribution is 2.22. The number of aryl methyl sites for hydroxylation is 1. The fourth-order valence-electron chi connectivity index (χ4n) is 2.05. The number of rotatable bonds is 2. The van der Waals surface area contributed by atoms with Crippen molar-refractivity contribution >= 4 is 29.3 Å². The lowest BCUT2D eigenvalue weighted by Crippen LogP contribution is -2.19. The number of imide groups is 1. The Labute approximate surface area is 114 Å². The van der Waals surface area contributed by atoms with Gasteiger partial charge in [0, 0.05) is 17.4 Å². The molecule has 100 valence electrons. The lowest BCUT2D eigenvalue weighted by Gasteiger charge is -2.07. The SMILES string of the molecule is Cc1cc(Nc2ccc3c(c2)C(=O)NC3=O)nc(N)n1. The van der Waals surface area contributed by atoms with E-state index in [1.807, 2.05) is 0 Å². The zero-order valence-corrected chi connectivity index (χ0v) is 10.6. The maximum absolute atomic E-state index is 11.6. The Kier molecular flexibility index (Phi) is 2.60. The van der Waals surface area contributed by atoms with Crippen molar-refractivity contribution in [3.8, 4) is 0 Å². The van der Waals surface area contributed by atoms with Crippen LogP contribution in [0, 0.1) is 6.92 Å². The van der Waals surface area contributed by atoms with Crippen molar-refractivity contribution in [3.05, 3.63) is 41.1 Å². The molecule has 0 saturated carbocycles. The Morgan fingerprint density at radius 3 is 2.60 bits per heavy atom. The molecule has 7 nitrogen and oxygen atoms in total. The first-order valence-corrected chi connectivity index (χ1v) is 5.91. The van der Waals surface area contributed by atoms with Crippen molar-refractivity contribution in [2.75, 3.05) is 11.1 Å². The smallest absolute Gasteiger partial charge is 0.259 e. The zero-order valence-electron chi connectivity index (χ0n) is 10.6. The van der Waals surface area contributed by atoms with Crippen molar-refractivity contribution < 1.29 is 9.59 Å². The average molecular weight is 269 g/mol. The van der Waals surface area contributed by atoms with Gasteiger partial charge in [-0.1, -0.05) is 0 Å². The number of fused-ring (bicyclic) bond motifs is 1. The number of aromatic nitrogens is 2. The largest absolute Gasteiger partial charge is 0.368 e. The highest BCUT2D eigenvalue weighted by molar-refractivity contribution is 6.21. The Morgan fingerprint density at radius 2 is 1.85 bits per heavy atom. The van der Waals surface area contributed by atoms with Gasteiger partial charge in [-0.3, -0.25) is 14.9 Å². The second-order valence-electron chi connectivity index (χ2n) is 4.42. The minimum absolute atomic E-state index is 0.168. The van der Waals surface area contributed by atoms with E-state index in [9.17, 15) is 9.59 Å². The molecule has 1 aromatic carbocycles. The van der Waals surface area contributed by atoms with E-state index in [2.05, 4.69) is 20.6 Å². The van der Waals surface area contributed by atoms with Gasteiger partial charge in [0.15, 0.2) is 0 Å². The van der Waals surface area contributed by atoms with Gasteiger partial charge in [-0.25, -0.2) is 4.98 Å². The lowest BCUT2D eigenvalue weighted by atomic mass is 10.1. The van der Waals surface area contributed by atoms with Crippen molar-refractivity contribution in [3.63, 3.8) is 0 Å². The molecule has 0 radical (unpaired) electrons. The normalized spacial score (nSPS) is 13.1. The molecule has 2 aromatic rings. The van der Waals surface area contributed by atoms with E-state index < -0.39 is 5.91 Å². The third-order valence-corrected chi connectivity index (χ3v) is 2.88. The van der Waals surface area contributed by atoms with Crippen molar-refractivity contribution in [1.82, 2.24) is 15.3 Å². The summed E-state index contributed by atoms with van der Waals surface area (Å²) in [6.07, 6.45) is 0. The van der Waals surface area contributed by atoms with E-state index in [1.54, 1.807) is 31.2 Å². The molecule has 2 amide bonds. The van der Waals surface area contributed by atoms with Crippen LogP contribution < -0.4 is 16.4 Å².